The van der Waals surface area contributed by atoms with Crippen LogP contribution >= 0.6 is 23.8 Å². The average Bonchev–Trinajstić information content (AvgIpc) is 2.81. The van der Waals surface area contributed by atoms with E-state index in [1.165, 1.54) is 4.57 Å². The van der Waals surface area contributed by atoms with Crippen molar-refractivity contribution in [2.45, 2.75) is 19.5 Å². The molecule has 166 valence electrons. The molecule has 4 rings (SSSR count). The fourth-order valence-corrected chi connectivity index (χ4v) is 4.75. The lowest BCUT2D eigenvalue weighted by atomic mass is 10.1. The summed E-state index contributed by atoms with van der Waals surface area (Å²) < 4.78 is 1.76. The van der Waals surface area contributed by atoms with Crippen LogP contribution in [0.1, 0.15) is 28.9 Å². The maximum atomic E-state index is 13.1. The average molecular weight is 469 g/mol. The second-order valence-corrected chi connectivity index (χ2v) is 8.71. The van der Waals surface area contributed by atoms with E-state index in [1.807, 2.05) is 29.2 Å². The zero-order valence-electron chi connectivity index (χ0n) is 17.9. The van der Waals surface area contributed by atoms with E-state index in [0.29, 0.717) is 40.9 Å². The molecule has 0 spiro atoms. The summed E-state index contributed by atoms with van der Waals surface area (Å²) in [6.07, 6.45) is 1.63. The number of halogens is 1. The van der Waals surface area contributed by atoms with Crippen molar-refractivity contribution in [3.63, 3.8) is 0 Å². The third-order valence-corrected chi connectivity index (χ3v) is 6.71. The van der Waals surface area contributed by atoms with E-state index in [-0.39, 0.29) is 17.5 Å². The largest absolute Gasteiger partial charge is 0.336 e. The minimum atomic E-state index is -0.190. The molecule has 6 nitrogen and oxygen atoms in total. The highest BCUT2D eigenvalue weighted by Crippen LogP contribution is 2.28. The molecule has 1 aromatic heterocycles. The number of piperazine rings is 1. The number of aromatic nitrogens is 2. The molecule has 1 saturated heterocycles. The topological polar surface area (TPSA) is 61.3 Å². The number of rotatable bonds is 5. The van der Waals surface area contributed by atoms with Gasteiger partial charge in [-0.3, -0.25) is 19.1 Å². The Kier molecular flexibility index (Phi) is 6.60. The number of nitrogens with zero attached hydrogens (tertiary/aromatic N) is 3. The first-order valence-corrected chi connectivity index (χ1v) is 11.3. The van der Waals surface area contributed by atoms with Gasteiger partial charge in [-0.15, -0.1) is 6.58 Å². The van der Waals surface area contributed by atoms with Crippen LogP contribution in [0, 0.1) is 4.77 Å². The molecule has 0 bridgehead atoms. The normalized spacial score (nSPS) is 15.6. The summed E-state index contributed by atoms with van der Waals surface area (Å²) in [5.41, 5.74) is 2.01. The van der Waals surface area contributed by atoms with Crippen LogP contribution < -0.4 is 5.56 Å². The molecule has 1 atom stereocenters. The fraction of sp³-hybridized carbons (Fsp3) is 0.292. The monoisotopic (exact) mass is 468 g/mol. The molecule has 0 aliphatic carbocycles. The Morgan fingerprint density at radius 1 is 1.22 bits per heavy atom. The highest BCUT2D eigenvalue weighted by atomic mass is 35.5. The Morgan fingerprint density at radius 2 is 1.94 bits per heavy atom. The van der Waals surface area contributed by atoms with Crippen molar-refractivity contribution in [2.75, 3.05) is 26.2 Å². The van der Waals surface area contributed by atoms with Crippen LogP contribution in [-0.2, 0) is 6.54 Å². The molecule has 1 unspecified atom stereocenters. The van der Waals surface area contributed by atoms with Crippen molar-refractivity contribution in [1.82, 2.24) is 19.4 Å². The zero-order valence-corrected chi connectivity index (χ0v) is 19.5. The van der Waals surface area contributed by atoms with Gasteiger partial charge in [0.25, 0.3) is 11.5 Å². The van der Waals surface area contributed by atoms with Gasteiger partial charge >= 0.3 is 0 Å². The summed E-state index contributed by atoms with van der Waals surface area (Å²) in [4.78, 5) is 33.1. The Hall–Kier alpha value is -2.74. The third kappa shape index (κ3) is 4.28. The molecular formula is C24H25ClN4O2S. The zero-order chi connectivity index (χ0) is 22.8. The SMILES string of the molecule is C=CCn1c(=S)[nH]c2cc(C(=O)N3CCN(C(C)c4ccccc4Cl)CC3)ccc2c1=O. The summed E-state index contributed by atoms with van der Waals surface area (Å²) in [6.45, 7) is 8.93. The van der Waals surface area contributed by atoms with Crippen LogP contribution in [0.4, 0.5) is 0 Å². The summed E-state index contributed by atoms with van der Waals surface area (Å²) in [6, 6.07) is 13.2. The Bertz CT molecular complexity index is 1290. The van der Waals surface area contributed by atoms with E-state index < -0.39 is 0 Å². The van der Waals surface area contributed by atoms with Crippen LogP contribution in [0.25, 0.3) is 10.9 Å². The quantitative estimate of drug-likeness (QED) is 0.445. The lowest BCUT2D eigenvalue weighted by Crippen LogP contribution is -2.49. The molecule has 1 fully saturated rings. The van der Waals surface area contributed by atoms with Crippen LogP contribution in [0.15, 0.2) is 59.9 Å². The van der Waals surface area contributed by atoms with Crippen LogP contribution in [0.5, 0.6) is 0 Å². The van der Waals surface area contributed by atoms with Gasteiger partial charge in [0.15, 0.2) is 4.77 Å². The second kappa shape index (κ2) is 9.40. The van der Waals surface area contributed by atoms with Gasteiger partial charge in [-0.2, -0.15) is 0 Å². The second-order valence-electron chi connectivity index (χ2n) is 7.92. The van der Waals surface area contributed by atoms with E-state index in [0.717, 1.165) is 23.7 Å². The molecule has 1 N–H and O–H groups in total. The first kappa shape index (κ1) is 22.5. The molecule has 32 heavy (non-hydrogen) atoms. The highest BCUT2D eigenvalue weighted by Gasteiger charge is 2.26. The van der Waals surface area contributed by atoms with Gasteiger partial charge < -0.3 is 9.88 Å². The van der Waals surface area contributed by atoms with Crippen molar-refractivity contribution in [1.29, 1.82) is 0 Å². The predicted octanol–water partition coefficient (Wildman–Crippen LogP) is 4.42. The van der Waals surface area contributed by atoms with Crippen molar-refractivity contribution >= 4 is 40.6 Å². The van der Waals surface area contributed by atoms with Gasteiger partial charge in [0.05, 0.1) is 10.9 Å². The van der Waals surface area contributed by atoms with Crippen LogP contribution in [-0.4, -0.2) is 51.4 Å². The van der Waals surface area contributed by atoms with Gasteiger partial charge in [0.2, 0.25) is 0 Å². The van der Waals surface area contributed by atoms with Crippen molar-refractivity contribution < 1.29 is 4.79 Å². The van der Waals surface area contributed by atoms with Gasteiger partial charge in [-0.05, 0) is 49.0 Å². The van der Waals surface area contributed by atoms with Gasteiger partial charge in [0, 0.05) is 49.4 Å². The Balaban J connectivity index is 1.50. The number of hydrogen-bond acceptors (Lipinski definition) is 4. The van der Waals surface area contributed by atoms with Gasteiger partial charge in [-0.1, -0.05) is 35.9 Å². The molecule has 1 amide bonds. The number of fused-ring (bicyclic) bond motifs is 1. The number of carbonyl (C=O) groups is 1. The predicted molar refractivity (Wildman–Crippen MR) is 131 cm³/mol. The molecule has 0 radical (unpaired) electrons. The van der Waals surface area contributed by atoms with Crippen molar-refractivity contribution in [2.24, 2.45) is 0 Å². The van der Waals surface area contributed by atoms with Crippen LogP contribution in [0.2, 0.25) is 5.02 Å². The lowest BCUT2D eigenvalue weighted by molar-refractivity contribution is 0.0582. The maximum absolute atomic E-state index is 13.1. The number of aromatic amines is 1. The first-order valence-electron chi connectivity index (χ1n) is 10.6. The Morgan fingerprint density at radius 3 is 2.62 bits per heavy atom. The number of amides is 1. The van der Waals surface area contributed by atoms with E-state index in [1.54, 1.807) is 24.3 Å². The third-order valence-electron chi connectivity index (χ3n) is 6.05. The summed E-state index contributed by atoms with van der Waals surface area (Å²) in [5.74, 6) is -0.0495. The number of H-pyrrole nitrogens is 1. The smallest absolute Gasteiger partial charge is 0.262 e. The van der Waals surface area contributed by atoms with E-state index in [9.17, 15) is 9.59 Å². The van der Waals surface area contributed by atoms with E-state index in [4.69, 9.17) is 23.8 Å². The number of allylic oxidation sites excluding steroid dienone is 1. The molecule has 1 aliphatic rings. The maximum Gasteiger partial charge on any atom is 0.262 e. The summed E-state index contributed by atoms with van der Waals surface area (Å²) in [5, 5.41) is 1.26. The van der Waals surface area contributed by atoms with Gasteiger partial charge in [-0.25, -0.2) is 0 Å². The molecule has 2 aromatic carbocycles. The minimum Gasteiger partial charge on any atom is -0.336 e. The molecule has 8 heteroatoms. The van der Waals surface area contributed by atoms with Crippen LogP contribution in [0.3, 0.4) is 0 Å². The number of hydrogen-bond donors (Lipinski definition) is 1. The van der Waals surface area contributed by atoms with E-state index in [2.05, 4.69) is 23.4 Å². The highest BCUT2D eigenvalue weighted by molar-refractivity contribution is 7.71. The molecule has 2 heterocycles. The first-order chi connectivity index (χ1) is 15.4. The van der Waals surface area contributed by atoms with Crippen molar-refractivity contribution in [3.05, 3.63) is 86.4 Å². The summed E-state index contributed by atoms with van der Waals surface area (Å²) in [7, 11) is 0. The number of carbonyl (C=O) groups excluding carboxylic acids is 1. The number of nitrogens with one attached hydrogen (secondary N) is 1. The lowest BCUT2D eigenvalue weighted by Gasteiger charge is -2.38. The molecule has 1 aliphatic heterocycles. The fourth-order valence-electron chi connectivity index (χ4n) is 4.19. The molecule has 0 saturated carbocycles. The minimum absolute atomic E-state index is 0.0495. The van der Waals surface area contributed by atoms with Gasteiger partial charge in [0.1, 0.15) is 0 Å². The van der Waals surface area contributed by atoms with Crippen molar-refractivity contribution in [3.8, 4) is 0 Å². The molecular weight excluding hydrogens is 444 g/mol. The standard InChI is InChI=1S/C24H25ClN4O2S/c1-3-10-29-23(31)19-9-8-17(15-21(19)26-24(29)32)22(30)28-13-11-27(12-14-28)16(2)18-6-4-5-7-20(18)25/h3-9,15-16H,1,10-14H2,2H3,(H,26,32). The Labute approximate surface area is 196 Å². The summed E-state index contributed by atoms with van der Waals surface area (Å²) >= 11 is 11.7. The van der Waals surface area contributed by atoms with E-state index >= 15 is 0 Å². The number of benzene rings is 2. The molecule has 3 aromatic rings.